The van der Waals surface area contributed by atoms with Crippen molar-refractivity contribution in [3.8, 4) is 0 Å². The highest BCUT2D eigenvalue weighted by atomic mass is 16.3. The molecule has 2 heterocycles. The van der Waals surface area contributed by atoms with E-state index in [2.05, 4.69) is 23.0 Å². The van der Waals surface area contributed by atoms with E-state index in [9.17, 15) is 5.11 Å². The first-order valence-electron chi connectivity index (χ1n) is 5.39. The van der Waals surface area contributed by atoms with Crippen molar-refractivity contribution in [2.75, 3.05) is 0 Å². The minimum Gasteiger partial charge on any atom is -0.393 e. The zero-order chi connectivity index (χ0) is 10.7. The van der Waals surface area contributed by atoms with Crippen LogP contribution in [0.5, 0.6) is 0 Å². The molecule has 1 atom stereocenters. The molecule has 1 unspecified atom stereocenters. The lowest BCUT2D eigenvalue weighted by molar-refractivity contribution is 0.163. The summed E-state index contributed by atoms with van der Waals surface area (Å²) in [5.41, 5.74) is 2.12. The van der Waals surface area contributed by atoms with Crippen LogP contribution in [0.25, 0.3) is 10.9 Å². The molecule has 0 fully saturated rings. The largest absolute Gasteiger partial charge is 0.393 e. The molecule has 2 aromatic rings. The third-order valence-electron chi connectivity index (χ3n) is 2.56. The fourth-order valence-corrected chi connectivity index (χ4v) is 1.83. The molecule has 0 aromatic carbocycles. The molecule has 80 valence electrons. The molecule has 15 heavy (non-hydrogen) atoms. The average molecular weight is 204 g/mol. The van der Waals surface area contributed by atoms with Gasteiger partial charge in [0.25, 0.3) is 0 Å². The molecule has 3 heteroatoms. The van der Waals surface area contributed by atoms with Gasteiger partial charge in [-0.1, -0.05) is 13.3 Å². The normalized spacial score (nSPS) is 13.2. The Morgan fingerprint density at radius 2 is 2.40 bits per heavy atom. The van der Waals surface area contributed by atoms with Crippen LogP contribution in [0, 0.1) is 0 Å². The smallest absolute Gasteiger partial charge is 0.0642 e. The molecule has 0 saturated heterocycles. The van der Waals surface area contributed by atoms with E-state index in [0.29, 0.717) is 6.42 Å². The molecule has 2 N–H and O–H groups in total. The third kappa shape index (κ3) is 2.36. The van der Waals surface area contributed by atoms with Crippen molar-refractivity contribution in [1.82, 2.24) is 9.97 Å². The predicted octanol–water partition coefficient (Wildman–Crippen LogP) is 2.27. The quantitative estimate of drug-likeness (QED) is 0.802. The van der Waals surface area contributed by atoms with Crippen LogP contribution in [0.1, 0.15) is 25.5 Å². The van der Waals surface area contributed by atoms with Crippen LogP contribution in [0.3, 0.4) is 0 Å². The van der Waals surface area contributed by atoms with Crippen molar-refractivity contribution in [2.45, 2.75) is 32.3 Å². The summed E-state index contributed by atoms with van der Waals surface area (Å²) in [7, 11) is 0. The van der Waals surface area contributed by atoms with Gasteiger partial charge < -0.3 is 10.1 Å². The number of aliphatic hydroxyl groups is 1. The number of aromatic amines is 1. The van der Waals surface area contributed by atoms with Crippen molar-refractivity contribution in [3.05, 3.63) is 30.2 Å². The topological polar surface area (TPSA) is 48.9 Å². The van der Waals surface area contributed by atoms with Gasteiger partial charge in [0, 0.05) is 23.7 Å². The number of rotatable bonds is 4. The lowest BCUT2D eigenvalue weighted by atomic mass is 10.1. The summed E-state index contributed by atoms with van der Waals surface area (Å²) >= 11 is 0. The maximum Gasteiger partial charge on any atom is 0.0642 e. The molecule has 0 radical (unpaired) electrons. The number of aromatic nitrogens is 2. The molecule has 0 aliphatic heterocycles. The number of pyridine rings is 1. The first-order valence-corrected chi connectivity index (χ1v) is 5.39. The fraction of sp³-hybridized carbons (Fsp3) is 0.417. The van der Waals surface area contributed by atoms with Crippen molar-refractivity contribution in [2.24, 2.45) is 0 Å². The van der Waals surface area contributed by atoms with Crippen molar-refractivity contribution in [3.63, 3.8) is 0 Å². The van der Waals surface area contributed by atoms with Crippen molar-refractivity contribution >= 4 is 10.9 Å². The Bertz CT molecular complexity index is 403. The number of fused-ring (bicyclic) bond motifs is 1. The van der Waals surface area contributed by atoms with Crippen LogP contribution < -0.4 is 0 Å². The van der Waals surface area contributed by atoms with Gasteiger partial charge in [-0.2, -0.15) is 0 Å². The van der Waals surface area contributed by atoms with Crippen LogP contribution in [0.4, 0.5) is 0 Å². The second-order valence-electron chi connectivity index (χ2n) is 3.90. The average Bonchev–Trinajstić information content (AvgIpc) is 2.59. The maximum absolute atomic E-state index is 9.69. The number of aliphatic hydroxyl groups excluding tert-OH is 1. The van der Waals surface area contributed by atoms with E-state index in [1.54, 1.807) is 6.20 Å². The lowest BCUT2D eigenvalue weighted by Crippen LogP contribution is -2.09. The van der Waals surface area contributed by atoms with Crippen LogP contribution in [0.2, 0.25) is 0 Å². The zero-order valence-corrected chi connectivity index (χ0v) is 8.90. The van der Waals surface area contributed by atoms with Gasteiger partial charge in [0.2, 0.25) is 0 Å². The standard InChI is InChI=1S/C12H16N2O/c1-2-3-11(15)7-10-6-9-4-5-13-8-12(9)14-10/h4-6,8,11,14-15H,2-3,7H2,1H3. The fourth-order valence-electron chi connectivity index (χ4n) is 1.83. The van der Waals surface area contributed by atoms with Crippen LogP contribution in [0.15, 0.2) is 24.5 Å². The number of hydrogen-bond acceptors (Lipinski definition) is 2. The van der Waals surface area contributed by atoms with E-state index in [0.717, 1.165) is 29.4 Å². The Balaban J connectivity index is 2.15. The predicted molar refractivity (Wildman–Crippen MR) is 60.7 cm³/mol. The summed E-state index contributed by atoms with van der Waals surface area (Å²) in [5, 5.41) is 10.8. The molecular weight excluding hydrogens is 188 g/mol. The van der Waals surface area contributed by atoms with E-state index in [4.69, 9.17) is 0 Å². The summed E-state index contributed by atoms with van der Waals surface area (Å²) in [6.45, 7) is 2.08. The van der Waals surface area contributed by atoms with Gasteiger partial charge in [-0.3, -0.25) is 4.98 Å². The summed E-state index contributed by atoms with van der Waals surface area (Å²) in [5.74, 6) is 0. The molecule has 0 bridgehead atoms. The molecule has 0 aliphatic carbocycles. The van der Waals surface area contributed by atoms with Gasteiger partial charge in [0.1, 0.15) is 0 Å². The van der Waals surface area contributed by atoms with Crippen LogP contribution >= 0.6 is 0 Å². The van der Waals surface area contributed by atoms with Gasteiger partial charge in [-0.25, -0.2) is 0 Å². The Hall–Kier alpha value is -1.35. The summed E-state index contributed by atoms with van der Waals surface area (Å²) < 4.78 is 0. The van der Waals surface area contributed by atoms with E-state index >= 15 is 0 Å². The first-order chi connectivity index (χ1) is 7.29. The molecule has 0 amide bonds. The Kier molecular flexibility index (Phi) is 3.02. The SMILES string of the molecule is CCCC(O)Cc1cc2ccncc2[nH]1. The van der Waals surface area contributed by atoms with Gasteiger partial charge in [-0.05, 0) is 18.6 Å². The first kappa shape index (κ1) is 10.2. The summed E-state index contributed by atoms with van der Waals surface area (Å²) in [4.78, 5) is 7.31. The van der Waals surface area contributed by atoms with E-state index < -0.39 is 0 Å². The molecule has 2 aromatic heterocycles. The molecule has 0 aliphatic rings. The van der Waals surface area contributed by atoms with E-state index in [-0.39, 0.29) is 6.10 Å². The number of hydrogen-bond donors (Lipinski definition) is 2. The monoisotopic (exact) mass is 204 g/mol. The zero-order valence-electron chi connectivity index (χ0n) is 8.90. The van der Waals surface area contributed by atoms with Gasteiger partial charge in [0.15, 0.2) is 0 Å². The second-order valence-corrected chi connectivity index (χ2v) is 3.90. The molecule has 0 spiro atoms. The Morgan fingerprint density at radius 1 is 1.53 bits per heavy atom. The highest BCUT2D eigenvalue weighted by Gasteiger charge is 2.06. The highest BCUT2D eigenvalue weighted by molar-refractivity contribution is 5.79. The Morgan fingerprint density at radius 3 is 3.13 bits per heavy atom. The highest BCUT2D eigenvalue weighted by Crippen LogP contribution is 2.15. The van der Waals surface area contributed by atoms with Crippen LogP contribution in [-0.4, -0.2) is 21.2 Å². The molecular formula is C12H16N2O. The maximum atomic E-state index is 9.69. The van der Waals surface area contributed by atoms with Crippen LogP contribution in [-0.2, 0) is 6.42 Å². The Labute approximate surface area is 89.2 Å². The van der Waals surface area contributed by atoms with E-state index in [1.807, 2.05) is 12.3 Å². The summed E-state index contributed by atoms with van der Waals surface area (Å²) in [6.07, 6.45) is 5.92. The lowest BCUT2D eigenvalue weighted by Gasteiger charge is -2.06. The minimum absolute atomic E-state index is 0.240. The van der Waals surface area contributed by atoms with Crippen molar-refractivity contribution < 1.29 is 5.11 Å². The molecule has 0 saturated carbocycles. The number of nitrogens with one attached hydrogen (secondary N) is 1. The minimum atomic E-state index is -0.240. The van der Waals surface area contributed by atoms with Gasteiger partial charge in [0.05, 0.1) is 17.8 Å². The van der Waals surface area contributed by atoms with E-state index in [1.165, 1.54) is 0 Å². The molecule has 3 nitrogen and oxygen atoms in total. The van der Waals surface area contributed by atoms with Gasteiger partial charge in [-0.15, -0.1) is 0 Å². The third-order valence-corrected chi connectivity index (χ3v) is 2.56. The summed E-state index contributed by atoms with van der Waals surface area (Å²) in [6, 6.07) is 4.05. The second kappa shape index (κ2) is 4.45. The number of H-pyrrole nitrogens is 1. The molecule has 2 rings (SSSR count). The van der Waals surface area contributed by atoms with Crippen molar-refractivity contribution in [1.29, 1.82) is 0 Å². The van der Waals surface area contributed by atoms with Gasteiger partial charge >= 0.3 is 0 Å². The number of nitrogens with zero attached hydrogens (tertiary/aromatic N) is 1.